The van der Waals surface area contributed by atoms with Gasteiger partial charge in [-0.2, -0.15) is 0 Å². The highest BCUT2D eigenvalue weighted by molar-refractivity contribution is 7.10. The molecule has 0 radical (unpaired) electrons. The Bertz CT molecular complexity index is 988. The van der Waals surface area contributed by atoms with Crippen LogP contribution in [0.5, 0.6) is 11.5 Å². The van der Waals surface area contributed by atoms with Crippen molar-refractivity contribution in [3.05, 3.63) is 53.2 Å². The van der Waals surface area contributed by atoms with Gasteiger partial charge in [-0.1, -0.05) is 18.2 Å². The summed E-state index contributed by atoms with van der Waals surface area (Å²) >= 11 is 1.64. The quantitative estimate of drug-likeness (QED) is 0.396. The van der Waals surface area contributed by atoms with E-state index in [1.54, 1.807) is 18.4 Å². The highest BCUT2D eigenvalue weighted by Crippen LogP contribution is 2.35. The van der Waals surface area contributed by atoms with Crippen LogP contribution >= 0.6 is 11.3 Å². The predicted octanol–water partition coefficient (Wildman–Crippen LogP) is 3.88. The highest BCUT2D eigenvalue weighted by Gasteiger charge is 2.51. The van der Waals surface area contributed by atoms with E-state index < -0.39 is 5.60 Å². The van der Waals surface area contributed by atoms with Crippen LogP contribution in [-0.2, 0) is 9.53 Å². The number of piperazine rings is 1. The molecule has 1 aromatic carbocycles. The van der Waals surface area contributed by atoms with Gasteiger partial charge in [-0.05, 0) is 50.9 Å². The maximum absolute atomic E-state index is 14.1. The number of nitrogens with one attached hydrogen (secondary N) is 1. The molecular formula is C27H37N3O4S. The minimum absolute atomic E-state index is 0.0738. The zero-order chi connectivity index (χ0) is 24.7. The van der Waals surface area contributed by atoms with E-state index in [9.17, 15) is 4.79 Å². The Kier molecular flexibility index (Phi) is 8.70. The molecule has 35 heavy (non-hydrogen) atoms. The number of anilines is 1. The number of hydrogen-bond donors (Lipinski definition) is 1. The van der Waals surface area contributed by atoms with Gasteiger partial charge in [0.25, 0.3) is 5.91 Å². The smallest absolute Gasteiger partial charge is 0.268 e. The summed E-state index contributed by atoms with van der Waals surface area (Å²) < 4.78 is 17.7. The normalized spacial score (nSPS) is 22.6. The van der Waals surface area contributed by atoms with Crippen LogP contribution in [0.4, 0.5) is 5.69 Å². The third-order valence-electron chi connectivity index (χ3n) is 6.77. The Morgan fingerprint density at radius 1 is 1.26 bits per heavy atom. The first-order valence-electron chi connectivity index (χ1n) is 12.4. The van der Waals surface area contributed by atoms with Crippen molar-refractivity contribution in [2.24, 2.45) is 0 Å². The van der Waals surface area contributed by atoms with Crippen molar-refractivity contribution >= 4 is 22.9 Å². The largest absolute Gasteiger partial charge is 0.489 e. The Morgan fingerprint density at radius 3 is 2.77 bits per heavy atom. The van der Waals surface area contributed by atoms with Gasteiger partial charge >= 0.3 is 0 Å². The first-order chi connectivity index (χ1) is 17.1. The molecule has 0 aliphatic carbocycles. The van der Waals surface area contributed by atoms with Crippen LogP contribution < -0.4 is 19.7 Å². The minimum atomic E-state index is -0.927. The Balaban J connectivity index is 1.49. The Labute approximate surface area is 212 Å². The summed E-state index contributed by atoms with van der Waals surface area (Å²) in [5.41, 5.74) is 0.128. The number of para-hydroxylation sites is 2. The minimum Gasteiger partial charge on any atom is -0.489 e. The zero-order valence-corrected chi connectivity index (χ0v) is 21.6. The van der Waals surface area contributed by atoms with Crippen LogP contribution in [0.3, 0.4) is 0 Å². The van der Waals surface area contributed by atoms with Crippen LogP contribution in [0.2, 0.25) is 0 Å². The molecule has 2 aliphatic heterocycles. The second-order valence-electron chi connectivity index (χ2n) is 9.11. The van der Waals surface area contributed by atoms with Gasteiger partial charge in [-0.25, -0.2) is 0 Å². The summed E-state index contributed by atoms with van der Waals surface area (Å²) in [6.07, 6.45) is 4.16. The standard InChI is InChI=1S/C27H37N3O4S/c1-4-8-25-27(11-7-12-28-25,34-22-19-21(2)35-20-22)26(31)30-15-13-29(14-16-30)23-9-5-6-10-24(23)33-18-17-32-3/h4-6,9-10,19-20,25,28H,1,7-8,11-18H2,2-3H3/t25-,27+/m1/s1. The molecule has 2 aromatic rings. The second kappa shape index (κ2) is 11.9. The molecule has 0 saturated carbocycles. The molecule has 3 heterocycles. The number of rotatable bonds is 10. The van der Waals surface area contributed by atoms with E-state index in [0.717, 1.165) is 43.2 Å². The number of nitrogens with zero attached hydrogens (tertiary/aromatic N) is 2. The molecule has 7 nitrogen and oxygen atoms in total. The molecule has 1 aromatic heterocycles. The fourth-order valence-corrected chi connectivity index (χ4v) is 5.61. The molecule has 8 heteroatoms. The topological polar surface area (TPSA) is 63.3 Å². The van der Waals surface area contributed by atoms with Gasteiger partial charge in [-0.15, -0.1) is 17.9 Å². The fourth-order valence-electron chi connectivity index (χ4n) is 5.01. The molecule has 1 N–H and O–H groups in total. The average Bonchev–Trinajstić information content (AvgIpc) is 3.29. The Hall–Kier alpha value is -2.55. The molecular weight excluding hydrogens is 462 g/mol. The van der Waals surface area contributed by atoms with E-state index >= 15 is 0 Å². The number of methoxy groups -OCH3 is 1. The van der Waals surface area contributed by atoms with E-state index in [1.807, 2.05) is 40.6 Å². The van der Waals surface area contributed by atoms with E-state index in [4.69, 9.17) is 14.2 Å². The van der Waals surface area contributed by atoms with Crippen molar-refractivity contribution in [2.75, 3.05) is 57.9 Å². The average molecular weight is 500 g/mol. The second-order valence-corrected chi connectivity index (χ2v) is 10.2. The SMILES string of the molecule is C=CC[C@H]1NCCC[C@@]1(Oc1csc(C)c1)C(=O)N1CCN(c2ccccc2OCCOC)CC1. The number of carbonyl (C=O) groups excluding carboxylic acids is 1. The van der Waals surface area contributed by atoms with Gasteiger partial charge in [0.15, 0.2) is 0 Å². The summed E-state index contributed by atoms with van der Waals surface area (Å²) in [4.78, 5) is 19.6. The molecule has 2 saturated heterocycles. The van der Waals surface area contributed by atoms with E-state index in [1.165, 1.54) is 4.88 Å². The number of piperidine rings is 1. The molecule has 1 amide bonds. The number of carbonyl (C=O) groups is 1. The number of thiophene rings is 1. The van der Waals surface area contributed by atoms with Crippen molar-refractivity contribution in [3.8, 4) is 11.5 Å². The van der Waals surface area contributed by atoms with Crippen LogP contribution in [0.15, 0.2) is 48.4 Å². The van der Waals surface area contributed by atoms with E-state index in [0.29, 0.717) is 39.1 Å². The maximum atomic E-state index is 14.1. The molecule has 2 aliphatic rings. The molecule has 2 atom stereocenters. The Morgan fingerprint density at radius 2 is 2.06 bits per heavy atom. The number of ether oxygens (including phenoxy) is 3. The highest BCUT2D eigenvalue weighted by atomic mass is 32.1. The van der Waals surface area contributed by atoms with Crippen LogP contribution in [-0.4, -0.2) is 75.5 Å². The first-order valence-corrected chi connectivity index (χ1v) is 13.3. The summed E-state index contributed by atoms with van der Waals surface area (Å²) in [6.45, 7) is 10.7. The summed E-state index contributed by atoms with van der Waals surface area (Å²) in [5, 5.41) is 5.55. The first kappa shape index (κ1) is 25.5. The van der Waals surface area contributed by atoms with Crippen molar-refractivity contribution in [2.45, 2.75) is 37.8 Å². The summed E-state index contributed by atoms with van der Waals surface area (Å²) in [6, 6.07) is 9.99. The van der Waals surface area contributed by atoms with Crippen LogP contribution in [0.1, 0.15) is 24.1 Å². The lowest BCUT2D eigenvalue weighted by Crippen LogP contribution is -2.67. The lowest BCUT2D eigenvalue weighted by molar-refractivity contribution is -0.154. The predicted molar refractivity (Wildman–Crippen MR) is 141 cm³/mol. The number of benzene rings is 1. The van der Waals surface area contributed by atoms with Gasteiger partial charge in [0.1, 0.15) is 18.1 Å². The van der Waals surface area contributed by atoms with Crippen LogP contribution in [0, 0.1) is 6.92 Å². The lowest BCUT2D eigenvalue weighted by atomic mass is 9.82. The number of amides is 1. The zero-order valence-electron chi connectivity index (χ0n) is 20.8. The molecule has 0 bridgehead atoms. The van der Waals surface area contributed by atoms with Gasteiger partial charge in [0.05, 0.1) is 18.3 Å². The summed E-state index contributed by atoms with van der Waals surface area (Å²) in [7, 11) is 1.67. The molecule has 0 spiro atoms. The molecule has 2 fully saturated rings. The maximum Gasteiger partial charge on any atom is 0.268 e. The third-order valence-corrected chi connectivity index (χ3v) is 7.61. The van der Waals surface area contributed by atoms with Crippen molar-refractivity contribution in [1.29, 1.82) is 0 Å². The van der Waals surface area contributed by atoms with Crippen molar-refractivity contribution in [1.82, 2.24) is 10.2 Å². The molecule has 0 unspecified atom stereocenters. The van der Waals surface area contributed by atoms with E-state index in [2.05, 4.69) is 29.8 Å². The van der Waals surface area contributed by atoms with Gasteiger partial charge in [-0.3, -0.25) is 4.79 Å². The monoisotopic (exact) mass is 499 g/mol. The fraction of sp³-hybridized carbons (Fsp3) is 0.519. The third kappa shape index (κ3) is 5.82. The lowest BCUT2D eigenvalue weighted by Gasteiger charge is -2.47. The van der Waals surface area contributed by atoms with Gasteiger partial charge < -0.3 is 29.3 Å². The summed E-state index contributed by atoms with van der Waals surface area (Å²) in [5.74, 6) is 1.70. The van der Waals surface area contributed by atoms with Crippen LogP contribution in [0.25, 0.3) is 0 Å². The van der Waals surface area contributed by atoms with Crippen molar-refractivity contribution in [3.63, 3.8) is 0 Å². The molecule has 190 valence electrons. The number of hydrogen-bond acceptors (Lipinski definition) is 7. The van der Waals surface area contributed by atoms with Gasteiger partial charge in [0, 0.05) is 43.5 Å². The van der Waals surface area contributed by atoms with Gasteiger partial charge in [0.2, 0.25) is 5.60 Å². The molecule has 4 rings (SSSR count). The number of aryl methyl sites for hydroxylation is 1. The van der Waals surface area contributed by atoms with Crippen molar-refractivity contribution < 1.29 is 19.0 Å². The van der Waals surface area contributed by atoms with E-state index in [-0.39, 0.29) is 11.9 Å².